The van der Waals surface area contributed by atoms with Gasteiger partial charge in [-0.1, -0.05) is 6.07 Å². The van der Waals surface area contributed by atoms with E-state index >= 15 is 0 Å². The summed E-state index contributed by atoms with van der Waals surface area (Å²) in [7, 11) is 0. The highest BCUT2D eigenvalue weighted by Crippen LogP contribution is 2.35. The molecule has 0 atom stereocenters. The zero-order valence-corrected chi connectivity index (χ0v) is 17.2. The Hall–Kier alpha value is -2.86. The maximum Gasteiger partial charge on any atom is 0.116 e. The normalized spacial score (nSPS) is 18.5. The van der Waals surface area contributed by atoms with Gasteiger partial charge in [0.15, 0.2) is 0 Å². The predicted octanol–water partition coefficient (Wildman–Crippen LogP) is 4.56. The Bertz CT molecular complexity index is 1180. The minimum absolute atomic E-state index is 0.635. The Morgan fingerprint density at radius 3 is 2.63 bits per heavy atom. The van der Waals surface area contributed by atoms with Crippen LogP contribution in [0.2, 0.25) is 0 Å². The topological polar surface area (TPSA) is 72.6 Å². The van der Waals surface area contributed by atoms with Gasteiger partial charge < -0.3 is 15.2 Å². The van der Waals surface area contributed by atoms with Crippen molar-refractivity contribution in [3.05, 3.63) is 42.2 Å². The average molecular weight is 401 g/mol. The van der Waals surface area contributed by atoms with Gasteiger partial charge in [-0.05, 0) is 74.9 Å². The molecule has 0 unspecified atom stereocenters. The zero-order valence-electron chi connectivity index (χ0n) is 17.2. The van der Waals surface area contributed by atoms with Crippen molar-refractivity contribution < 1.29 is 0 Å². The Balaban J connectivity index is 1.42. The fraction of sp³-hybridized carbons (Fsp3) is 0.417. The summed E-state index contributed by atoms with van der Waals surface area (Å²) >= 11 is 0. The quantitative estimate of drug-likeness (QED) is 0.471. The van der Waals surface area contributed by atoms with Gasteiger partial charge in [0.2, 0.25) is 0 Å². The van der Waals surface area contributed by atoms with Gasteiger partial charge in [0.25, 0.3) is 0 Å². The molecule has 6 nitrogen and oxygen atoms in total. The smallest absolute Gasteiger partial charge is 0.116 e. The number of H-pyrrole nitrogens is 2. The molecule has 6 heteroatoms. The molecule has 4 aromatic rings. The van der Waals surface area contributed by atoms with E-state index in [2.05, 4.69) is 54.6 Å². The molecule has 0 saturated carbocycles. The Morgan fingerprint density at radius 2 is 1.77 bits per heavy atom. The van der Waals surface area contributed by atoms with E-state index in [0.717, 1.165) is 48.6 Å². The molecule has 0 radical (unpaired) electrons. The van der Waals surface area contributed by atoms with Crippen molar-refractivity contribution in [1.29, 1.82) is 0 Å². The molecule has 0 spiro atoms. The Morgan fingerprint density at radius 1 is 0.900 bits per heavy atom. The van der Waals surface area contributed by atoms with Crippen LogP contribution in [0, 0.1) is 0 Å². The number of anilines is 1. The average Bonchev–Trinajstić information content (AvgIpc) is 3.43. The van der Waals surface area contributed by atoms with Crippen molar-refractivity contribution in [2.75, 3.05) is 31.1 Å². The van der Waals surface area contributed by atoms with Crippen LogP contribution in [0.3, 0.4) is 0 Å². The first kappa shape index (κ1) is 18.0. The van der Waals surface area contributed by atoms with E-state index < -0.39 is 0 Å². The van der Waals surface area contributed by atoms with E-state index in [1.54, 1.807) is 0 Å². The summed E-state index contributed by atoms with van der Waals surface area (Å²) in [6.45, 7) is 4.45. The van der Waals surface area contributed by atoms with E-state index in [1.165, 1.54) is 54.1 Å². The fourth-order valence-corrected chi connectivity index (χ4v) is 5.20. The van der Waals surface area contributed by atoms with Crippen LogP contribution in [-0.2, 0) is 0 Å². The number of aromatic amines is 2. The molecule has 30 heavy (non-hydrogen) atoms. The highest BCUT2D eigenvalue weighted by molar-refractivity contribution is 5.99. The molecule has 0 bridgehead atoms. The number of piperidine rings is 2. The summed E-state index contributed by atoms with van der Waals surface area (Å²) in [5, 5.41) is 13.8. The van der Waals surface area contributed by atoms with Crippen molar-refractivity contribution >= 4 is 27.5 Å². The number of fused-ring (bicyclic) bond motifs is 2. The molecule has 3 N–H and O–H groups in total. The molecule has 3 aromatic heterocycles. The molecular weight excluding hydrogens is 372 g/mol. The maximum atomic E-state index is 4.69. The van der Waals surface area contributed by atoms with Gasteiger partial charge in [0.05, 0.1) is 34.8 Å². The highest BCUT2D eigenvalue weighted by atomic mass is 15.1. The van der Waals surface area contributed by atoms with Gasteiger partial charge in [-0.2, -0.15) is 5.10 Å². The van der Waals surface area contributed by atoms with Crippen LogP contribution >= 0.6 is 0 Å². The molecule has 2 fully saturated rings. The van der Waals surface area contributed by atoms with E-state index in [-0.39, 0.29) is 0 Å². The van der Waals surface area contributed by atoms with E-state index in [0.29, 0.717) is 5.92 Å². The summed E-state index contributed by atoms with van der Waals surface area (Å²) in [4.78, 5) is 10.6. The van der Waals surface area contributed by atoms with Crippen LogP contribution in [0.25, 0.3) is 33.2 Å². The van der Waals surface area contributed by atoms with E-state index in [9.17, 15) is 0 Å². The van der Waals surface area contributed by atoms with Crippen LogP contribution < -0.4 is 10.2 Å². The lowest BCUT2D eigenvalue weighted by molar-refractivity contribution is 0.460. The molecule has 6 rings (SSSR count). The minimum atomic E-state index is 0.635. The summed E-state index contributed by atoms with van der Waals surface area (Å²) in [6, 6.07) is 9.06. The predicted molar refractivity (Wildman–Crippen MR) is 122 cm³/mol. The molecule has 5 heterocycles. The first-order chi connectivity index (χ1) is 14.9. The lowest BCUT2D eigenvalue weighted by atomic mass is 9.89. The van der Waals surface area contributed by atoms with Gasteiger partial charge in [0, 0.05) is 23.9 Å². The summed E-state index contributed by atoms with van der Waals surface area (Å²) in [5.41, 5.74) is 6.91. The number of nitrogens with zero attached hydrogens (tertiary/aromatic N) is 3. The molecule has 0 aliphatic carbocycles. The second-order valence-electron chi connectivity index (χ2n) is 8.75. The summed E-state index contributed by atoms with van der Waals surface area (Å²) in [5.74, 6) is 0.635. The van der Waals surface area contributed by atoms with Crippen molar-refractivity contribution in [2.24, 2.45) is 0 Å². The molecule has 1 aromatic carbocycles. The minimum Gasteiger partial charge on any atom is -0.370 e. The zero-order chi connectivity index (χ0) is 19.9. The lowest BCUT2D eigenvalue weighted by Crippen LogP contribution is -2.29. The molecule has 2 aliphatic rings. The second kappa shape index (κ2) is 7.43. The number of aromatic nitrogens is 4. The number of hydrogen-bond acceptors (Lipinski definition) is 4. The van der Waals surface area contributed by atoms with Gasteiger partial charge in [0.1, 0.15) is 5.69 Å². The highest BCUT2D eigenvalue weighted by Gasteiger charge is 2.19. The van der Waals surface area contributed by atoms with E-state index in [1.807, 2.05) is 12.4 Å². The Kier molecular flexibility index (Phi) is 4.45. The number of nitrogens with one attached hydrogen (secondary N) is 3. The van der Waals surface area contributed by atoms with Crippen LogP contribution in [0.1, 0.15) is 43.6 Å². The van der Waals surface area contributed by atoms with Crippen LogP contribution in [-0.4, -0.2) is 46.3 Å². The monoisotopic (exact) mass is 400 g/mol. The lowest BCUT2D eigenvalue weighted by Gasteiger charge is -2.28. The van der Waals surface area contributed by atoms with Gasteiger partial charge in [-0.25, -0.2) is 0 Å². The van der Waals surface area contributed by atoms with Crippen LogP contribution in [0.5, 0.6) is 0 Å². The maximum absolute atomic E-state index is 4.69. The molecule has 2 saturated heterocycles. The molecule has 0 amide bonds. The first-order valence-electron chi connectivity index (χ1n) is 11.3. The molecular formula is C24H28N6. The number of pyridine rings is 1. The van der Waals surface area contributed by atoms with Crippen molar-refractivity contribution in [1.82, 2.24) is 25.5 Å². The number of benzene rings is 1. The first-order valence-corrected chi connectivity index (χ1v) is 11.3. The molecule has 154 valence electrons. The second-order valence-corrected chi connectivity index (χ2v) is 8.75. The van der Waals surface area contributed by atoms with Gasteiger partial charge in [-0.15, -0.1) is 0 Å². The van der Waals surface area contributed by atoms with Crippen molar-refractivity contribution in [3.8, 4) is 11.4 Å². The largest absolute Gasteiger partial charge is 0.370 e. The fourth-order valence-electron chi connectivity index (χ4n) is 5.20. The summed E-state index contributed by atoms with van der Waals surface area (Å²) in [6.07, 6.45) is 10.2. The number of hydrogen-bond donors (Lipinski definition) is 3. The van der Waals surface area contributed by atoms with Crippen LogP contribution in [0.15, 0.2) is 36.7 Å². The van der Waals surface area contributed by atoms with Crippen molar-refractivity contribution in [2.45, 2.75) is 38.0 Å². The summed E-state index contributed by atoms with van der Waals surface area (Å²) < 4.78 is 0. The van der Waals surface area contributed by atoms with Crippen LogP contribution in [0.4, 0.5) is 5.69 Å². The number of rotatable bonds is 3. The third-order valence-corrected chi connectivity index (χ3v) is 6.87. The standard InChI is InChI=1S/C24H28N6/c1-2-10-30(11-3-1)23-15-26-14-22-18(23)13-21(27-22)24-19-12-17(4-5-20(19)28-29-24)16-6-8-25-9-7-16/h4-5,12-16,25,27H,1-3,6-11H2,(H,28,29). The SMILES string of the molecule is c1cc2[nH]nc(-c3cc4c(N5CCCCC5)cncc4[nH]3)c2cc1C1CCNCC1. The molecule has 2 aliphatic heterocycles. The third-order valence-electron chi connectivity index (χ3n) is 6.87. The van der Waals surface area contributed by atoms with Crippen molar-refractivity contribution in [3.63, 3.8) is 0 Å². The van der Waals surface area contributed by atoms with Gasteiger partial charge in [-0.3, -0.25) is 10.1 Å². The third kappa shape index (κ3) is 3.06. The van der Waals surface area contributed by atoms with E-state index in [4.69, 9.17) is 0 Å². The van der Waals surface area contributed by atoms with Gasteiger partial charge >= 0.3 is 0 Å². The Labute approximate surface area is 176 Å².